The number of likely N-dealkylation sites (tertiary alicyclic amines) is 1. The number of primary sulfonamides is 1. The van der Waals surface area contributed by atoms with Crippen molar-refractivity contribution in [2.24, 2.45) is 5.14 Å². The first-order valence-electron chi connectivity index (χ1n) is 9.74. The Bertz CT molecular complexity index is 1180. The number of amides is 1. The van der Waals surface area contributed by atoms with Crippen LogP contribution in [0.2, 0.25) is 0 Å². The number of pyridine rings is 1. The molecule has 0 unspecified atom stereocenters. The van der Waals surface area contributed by atoms with Crippen LogP contribution in [0.15, 0.2) is 59.8 Å². The number of sulfonamides is 1. The minimum atomic E-state index is -3.75. The average Bonchev–Trinajstić information content (AvgIpc) is 2.73. The lowest BCUT2D eigenvalue weighted by molar-refractivity contribution is -0.130. The number of carbonyl (C=O) groups excluding carboxylic acids is 1. The van der Waals surface area contributed by atoms with Crippen molar-refractivity contribution in [3.8, 4) is 16.9 Å². The van der Waals surface area contributed by atoms with Crippen LogP contribution in [0.3, 0.4) is 0 Å². The van der Waals surface area contributed by atoms with E-state index in [0.29, 0.717) is 18.8 Å². The second kappa shape index (κ2) is 8.04. The highest BCUT2D eigenvalue weighted by Crippen LogP contribution is 2.36. The third-order valence-corrected chi connectivity index (χ3v) is 6.34. The Kier molecular flexibility index (Phi) is 5.44. The van der Waals surface area contributed by atoms with Crippen LogP contribution in [0.1, 0.15) is 19.8 Å². The summed E-state index contributed by atoms with van der Waals surface area (Å²) in [5.74, 6) is 0.793. The van der Waals surface area contributed by atoms with Gasteiger partial charge in [0.15, 0.2) is 0 Å². The van der Waals surface area contributed by atoms with E-state index in [-0.39, 0.29) is 16.9 Å². The van der Waals surface area contributed by atoms with E-state index >= 15 is 0 Å². The summed E-state index contributed by atoms with van der Waals surface area (Å²) >= 11 is 0. The molecule has 2 N–H and O–H groups in total. The average molecular weight is 426 g/mol. The van der Waals surface area contributed by atoms with E-state index in [1.807, 2.05) is 23.1 Å². The summed E-state index contributed by atoms with van der Waals surface area (Å²) in [5.41, 5.74) is 1.70. The molecular weight excluding hydrogens is 402 g/mol. The number of carbonyl (C=O) groups is 1. The maximum Gasteiger partial charge on any atom is 0.238 e. The van der Waals surface area contributed by atoms with E-state index in [1.54, 1.807) is 31.5 Å². The summed E-state index contributed by atoms with van der Waals surface area (Å²) < 4.78 is 29.5. The number of nitrogens with zero attached hydrogens (tertiary/aromatic N) is 2. The predicted molar refractivity (Wildman–Crippen MR) is 114 cm³/mol. The highest BCUT2D eigenvalue weighted by molar-refractivity contribution is 7.89. The zero-order valence-electron chi connectivity index (χ0n) is 16.6. The number of nitrogens with two attached hydrogens (primary N) is 1. The fourth-order valence-electron chi connectivity index (χ4n) is 3.73. The third-order valence-electron chi connectivity index (χ3n) is 5.41. The molecule has 156 valence electrons. The van der Waals surface area contributed by atoms with Crippen molar-refractivity contribution in [3.63, 3.8) is 0 Å². The van der Waals surface area contributed by atoms with Crippen LogP contribution in [0.25, 0.3) is 21.9 Å². The summed E-state index contributed by atoms with van der Waals surface area (Å²) in [6.07, 6.45) is 5.03. The number of hydrogen-bond acceptors (Lipinski definition) is 5. The van der Waals surface area contributed by atoms with E-state index in [1.165, 1.54) is 12.1 Å². The molecule has 8 heteroatoms. The van der Waals surface area contributed by atoms with Gasteiger partial charge in [0.25, 0.3) is 0 Å². The molecular formula is C22H23N3O4S. The molecule has 30 heavy (non-hydrogen) atoms. The molecule has 1 saturated heterocycles. The van der Waals surface area contributed by atoms with Crippen LogP contribution in [0, 0.1) is 0 Å². The first kappa shape index (κ1) is 20.3. The summed E-state index contributed by atoms with van der Waals surface area (Å²) in [6, 6.07) is 12.4. The normalized spacial score (nSPS) is 15.3. The van der Waals surface area contributed by atoms with Crippen LogP contribution in [-0.4, -0.2) is 43.4 Å². The molecule has 1 fully saturated rings. The number of rotatable bonds is 4. The fraction of sp³-hybridized carbons (Fsp3) is 0.273. The second-order valence-corrected chi connectivity index (χ2v) is 9.03. The number of ether oxygens (including phenoxy) is 1. The van der Waals surface area contributed by atoms with Crippen LogP contribution in [0.5, 0.6) is 5.75 Å². The third kappa shape index (κ3) is 4.29. The lowest BCUT2D eigenvalue weighted by Crippen LogP contribution is -2.40. The van der Waals surface area contributed by atoms with Crippen molar-refractivity contribution in [1.82, 2.24) is 9.88 Å². The first-order valence-corrected chi connectivity index (χ1v) is 11.3. The Morgan fingerprint density at radius 1 is 1.10 bits per heavy atom. The van der Waals surface area contributed by atoms with Gasteiger partial charge in [0.05, 0.1) is 4.90 Å². The van der Waals surface area contributed by atoms with E-state index in [2.05, 4.69) is 4.98 Å². The molecule has 0 bridgehead atoms. The van der Waals surface area contributed by atoms with Gasteiger partial charge in [-0.05, 0) is 41.3 Å². The largest absolute Gasteiger partial charge is 0.490 e. The lowest BCUT2D eigenvalue weighted by atomic mass is 10.0. The van der Waals surface area contributed by atoms with Gasteiger partial charge in [-0.1, -0.05) is 12.1 Å². The van der Waals surface area contributed by atoms with Crippen LogP contribution >= 0.6 is 0 Å². The molecule has 0 spiro atoms. The van der Waals surface area contributed by atoms with Crippen molar-refractivity contribution in [3.05, 3.63) is 54.9 Å². The van der Waals surface area contributed by atoms with Gasteiger partial charge in [-0.15, -0.1) is 0 Å². The molecule has 1 aliphatic rings. The molecule has 1 aromatic heterocycles. The van der Waals surface area contributed by atoms with E-state index in [4.69, 9.17) is 9.88 Å². The Morgan fingerprint density at radius 3 is 2.43 bits per heavy atom. The van der Waals surface area contributed by atoms with Crippen molar-refractivity contribution >= 4 is 26.7 Å². The molecule has 0 aliphatic carbocycles. The van der Waals surface area contributed by atoms with Gasteiger partial charge in [-0.25, -0.2) is 13.6 Å². The van der Waals surface area contributed by atoms with Gasteiger partial charge in [-0.3, -0.25) is 9.78 Å². The smallest absolute Gasteiger partial charge is 0.238 e. The minimum absolute atomic E-state index is 0.00263. The Hall–Kier alpha value is -2.97. The van der Waals surface area contributed by atoms with Crippen molar-refractivity contribution in [2.75, 3.05) is 13.1 Å². The Morgan fingerprint density at radius 2 is 1.80 bits per heavy atom. The number of aromatic nitrogens is 1. The van der Waals surface area contributed by atoms with E-state index < -0.39 is 10.0 Å². The van der Waals surface area contributed by atoms with Gasteiger partial charge in [-0.2, -0.15) is 0 Å². The van der Waals surface area contributed by atoms with Crippen molar-refractivity contribution < 1.29 is 17.9 Å². The molecule has 2 aromatic carbocycles. The highest BCUT2D eigenvalue weighted by Gasteiger charge is 2.23. The van der Waals surface area contributed by atoms with Crippen molar-refractivity contribution in [1.29, 1.82) is 0 Å². The first-order chi connectivity index (χ1) is 14.3. The summed E-state index contributed by atoms with van der Waals surface area (Å²) in [4.78, 5) is 17.7. The zero-order valence-corrected chi connectivity index (χ0v) is 17.4. The maximum absolute atomic E-state index is 11.6. The second-order valence-electron chi connectivity index (χ2n) is 7.46. The molecule has 2 heterocycles. The van der Waals surface area contributed by atoms with Gasteiger partial charge in [0.1, 0.15) is 11.9 Å². The quantitative estimate of drug-likeness (QED) is 0.692. The van der Waals surface area contributed by atoms with Crippen LogP contribution < -0.4 is 9.88 Å². The fourth-order valence-corrected chi connectivity index (χ4v) is 4.25. The van der Waals surface area contributed by atoms with Gasteiger partial charge in [0.2, 0.25) is 15.9 Å². The van der Waals surface area contributed by atoms with Gasteiger partial charge >= 0.3 is 0 Å². The van der Waals surface area contributed by atoms with E-state index in [0.717, 1.165) is 34.7 Å². The molecule has 7 nitrogen and oxygen atoms in total. The van der Waals surface area contributed by atoms with Crippen LogP contribution in [-0.2, 0) is 14.8 Å². The number of piperidine rings is 1. The standard InChI is InChI=1S/C22H23N3O4S/c1-15(26)25-10-7-19(8-11-25)29-22-13-18-14-24-9-6-17(18)12-21(22)16-2-4-20(5-3-16)30(23,27)28/h2-6,9,12-14,19H,7-8,10-11H2,1H3,(H2,23,27,28). The molecule has 0 atom stereocenters. The highest BCUT2D eigenvalue weighted by atomic mass is 32.2. The molecule has 4 rings (SSSR count). The summed E-state index contributed by atoms with van der Waals surface area (Å²) in [7, 11) is -3.75. The maximum atomic E-state index is 11.6. The lowest BCUT2D eigenvalue weighted by Gasteiger charge is -2.32. The predicted octanol–water partition coefficient (Wildman–Crippen LogP) is 2.94. The molecule has 0 saturated carbocycles. The molecule has 1 aliphatic heterocycles. The van der Waals surface area contributed by atoms with Crippen LogP contribution in [0.4, 0.5) is 0 Å². The van der Waals surface area contributed by atoms with Gasteiger partial charge < -0.3 is 9.64 Å². The number of fused-ring (bicyclic) bond motifs is 1. The summed E-state index contributed by atoms with van der Waals surface area (Å²) in [5, 5.41) is 7.18. The Labute approximate surface area is 175 Å². The molecule has 1 amide bonds. The zero-order chi connectivity index (χ0) is 21.3. The summed E-state index contributed by atoms with van der Waals surface area (Å²) in [6.45, 7) is 2.93. The molecule has 3 aromatic rings. The number of hydrogen-bond donors (Lipinski definition) is 1. The SMILES string of the molecule is CC(=O)N1CCC(Oc2cc3cnccc3cc2-c2ccc(S(N)(=O)=O)cc2)CC1. The number of benzene rings is 2. The van der Waals surface area contributed by atoms with Crippen molar-refractivity contribution in [2.45, 2.75) is 30.8 Å². The van der Waals surface area contributed by atoms with Gasteiger partial charge in [0, 0.05) is 56.2 Å². The minimum Gasteiger partial charge on any atom is -0.490 e. The van der Waals surface area contributed by atoms with E-state index in [9.17, 15) is 13.2 Å². The monoisotopic (exact) mass is 425 g/mol. The topological polar surface area (TPSA) is 103 Å². The molecule has 0 radical (unpaired) electrons. The Balaban J connectivity index is 1.69.